The standard InChI is InChI=1S/C17H29NO/c1-13(2)6-8-19-9-7-18-16(5)17-11-14(3)10-15(4)12-17/h10-13,16,18H,6-9H2,1-5H3. The second kappa shape index (κ2) is 8.34. The van der Waals surface area contributed by atoms with E-state index in [1.165, 1.54) is 16.7 Å². The number of benzene rings is 1. The van der Waals surface area contributed by atoms with Crippen molar-refractivity contribution in [3.05, 3.63) is 34.9 Å². The summed E-state index contributed by atoms with van der Waals surface area (Å²) in [5.41, 5.74) is 4.02. The Morgan fingerprint density at radius 1 is 1.00 bits per heavy atom. The molecule has 0 aliphatic heterocycles. The van der Waals surface area contributed by atoms with Crippen LogP contribution in [0, 0.1) is 19.8 Å². The van der Waals surface area contributed by atoms with Gasteiger partial charge in [0.15, 0.2) is 0 Å². The van der Waals surface area contributed by atoms with Gasteiger partial charge < -0.3 is 10.1 Å². The molecule has 0 fully saturated rings. The third kappa shape index (κ3) is 6.74. The monoisotopic (exact) mass is 263 g/mol. The van der Waals surface area contributed by atoms with E-state index in [1.54, 1.807) is 0 Å². The van der Waals surface area contributed by atoms with E-state index in [9.17, 15) is 0 Å². The summed E-state index contributed by atoms with van der Waals surface area (Å²) in [6, 6.07) is 7.10. The van der Waals surface area contributed by atoms with Crippen LogP contribution in [0.15, 0.2) is 18.2 Å². The maximum atomic E-state index is 5.62. The van der Waals surface area contributed by atoms with Crippen molar-refractivity contribution in [2.45, 2.75) is 47.1 Å². The molecule has 0 aliphatic carbocycles. The van der Waals surface area contributed by atoms with Crippen LogP contribution in [0.25, 0.3) is 0 Å². The summed E-state index contributed by atoms with van der Waals surface area (Å²) in [7, 11) is 0. The fourth-order valence-corrected chi connectivity index (χ4v) is 2.15. The highest BCUT2D eigenvalue weighted by atomic mass is 16.5. The summed E-state index contributed by atoms with van der Waals surface area (Å²) in [5.74, 6) is 0.724. The number of hydrogen-bond acceptors (Lipinski definition) is 2. The van der Waals surface area contributed by atoms with Gasteiger partial charge in [-0.3, -0.25) is 0 Å². The third-order valence-electron chi connectivity index (χ3n) is 3.28. The number of rotatable bonds is 8. The fourth-order valence-electron chi connectivity index (χ4n) is 2.15. The van der Waals surface area contributed by atoms with Gasteiger partial charge in [0, 0.05) is 19.2 Å². The Balaban J connectivity index is 2.25. The zero-order chi connectivity index (χ0) is 14.3. The first-order chi connectivity index (χ1) is 8.99. The van der Waals surface area contributed by atoms with Crippen molar-refractivity contribution < 1.29 is 4.74 Å². The first-order valence-corrected chi connectivity index (χ1v) is 7.38. The van der Waals surface area contributed by atoms with Gasteiger partial charge in [0.1, 0.15) is 0 Å². The Kier molecular flexibility index (Phi) is 7.11. The van der Waals surface area contributed by atoms with Gasteiger partial charge in [-0.15, -0.1) is 0 Å². The molecule has 0 spiro atoms. The maximum Gasteiger partial charge on any atom is 0.0591 e. The Bertz CT molecular complexity index is 353. The molecule has 0 saturated heterocycles. The molecule has 2 nitrogen and oxygen atoms in total. The van der Waals surface area contributed by atoms with Gasteiger partial charge >= 0.3 is 0 Å². The molecule has 0 aliphatic rings. The molecule has 1 aromatic carbocycles. The van der Waals surface area contributed by atoms with Crippen molar-refractivity contribution in [3.8, 4) is 0 Å². The van der Waals surface area contributed by atoms with Crippen LogP contribution in [-0.2, 0) is 4.74 Å². The molecule has 0 aromatic heterocycles. The van der Waals surface area contributed by atoms with E-state index in [4.69, 9.17) is 4.74 Å². The lowest BCUT2D eigenvalue weighted by Crippen LogP contribution is -2.23. The topological polar surface area (TPSA) is 21.3 Å². The molecule has 0 bridgehead atoms. The molecule has 0 saturated carbocycles. The highest BCUT2D eigenvalue weighted by Gasteiger charge is 2.05. The molecule has 1 atom stereocenters. The van der Waals surface area contributed by atoms with E-state index in [2.05, 4.69) is 58.1 Å². The Labute approximate surface area is 118 Å². The van der Waals surface area contributed by atoms with Gasteiger partial charge in [-0.1, -0.05) is 43.2 Å². The summed E-state index contributed by atoms with van der Waals surface area (Å²) in [6.07, 6.45) is 1.15. The van der Waals surface area contributed by atoms with Crippen LogP contribution < -0.4 is 5.32 Å². The summed E-state index contributed by atoms with van der Waals surface area (Å²) >= 11 is 0. The normalized spacial score (nSPS) is 12.9. The summed E-state index contributed by atoms with van der Waals surface area (Å²) in [5, 5.41) is 3.52. The van der Waals surface area contributed by atoms with Crippen LogP contribution in [-0.4, -0.2) is 19.8 Å². The van der Waals surface area contributed by atoms with Crippen LogP contribution in [0.3, 0.4) is 0 Å². The smallest absolute Gasteiger partial charge is 0.0591 e. The Morgan fingerprint density at radius 2 is 1.63 bits per heavy atom. The first-order valence-electron chi connectivity index (χ1n) is 7.38. The molecule has 108 valence electrons. The lowest BCUT2D eigenvalue weighted by atomic mass is 10.0. The van der Waals surface area contributed by atoms with Crippen molar-refractivity contribution in [3.63, 3.8) is 0 Å². The molecule has 0 heterocycles. The first kappa shape index (κ1) is 16.2. The number of aryl methyl sites for hydroxylation is 2. The van der Waals surface area contributed by atoms with E-state index >= 15 is 0 Å². The largest absolute Gasteiger partial charge is 0.380 e. The zero-order valence-corrected chi connectivity index (χ0v) is 13.1. The molecule has 1 unspecified atom stereocenters. The van der Waals surface area contributed by atoms with Gasteiger partial charge in [-0.05, 0) is 38.7 Å². The highest BCUT2D eigenvalue weighted by molar-refractivity contribution is 5.30. The molecule has 1 N–H and O–H groups in total. The van der Waals surface area contributed by atoms with Crippen molar-refractivity contribution in [2.24, 2.45) is 5.92 Å². The third-order valence-corrected chi connectivity index (χ3v) is 3.28. The van der Waals surface area contributed by atoms with Crippen molar-refractivity contribution >= 4 is 0 Å². The van der Waals surface area contributed by atoms with Gasteiger partial charge in [-0.25, -0.2) is 0 Å². The van der Waals surface area contributed by atoms with Crippen molar-refractivity contribution in [1.82, 2.24) is 5.32 Å². The highest BCUT2D eigenvalue weighted by Crippen LogP contribution is 2.16. The molecule has 1 aromatic rings. The predicted molar refractivity (Wildman–Crippen MR) is 82.6 cm³/mol. The molecule has 0 radical (unpaired) electrons. The van der Waals surface area contributed by atoms with Crippen LogP contribution in [0.2, 0.25) is 0 Å². The molecule has 0 amide bonds. The lowest BCUT2D eigenvalue weighted by molar-refractivity contribution is 0.123. The predicted octanol–water partition coefficient (Wildman–Crippen LogP) is 4.02. The van der Waals surface area contributed by atoms with Crippen molar-refractivity contribution in [2.75, 3.05) is 19.8 Å². The van der Waals surface area contributed by atoms with E-state index in [-0.39, 0.29) is 0 Å². The molecular formula is C17H29NO. The molecule has 1 rings (SSSR count). The van der Waals surface area contributed by atoms with Crippen LogP contribution in [0.1, 0.15) is 49.9 Å². The van der Waals surface area contributed by atoms with Gasteiger partial charge in [0.05, 0.1) is 6.61 Å². The number of hydrogen-bond donors (Lipinski definition) is 1. The summed E-state index contributed by atoms with van der Waals surface area (Å²) in [6.45, 7) is 13.5. The number of ether oxygens (including phenoxy) is 1. The second-order valence-corrected chi connectivity index (χ2v) is 5.89. The Morgan fingerprint density at radius 3 is 2.21 bits per heavy atom. The fraction of sp³-hybridized carbons (Fsp3) is 0.647. The SMILES string of the molecule is Cc1cc(C)cc(C(C)NCCOCCC(C)C)c1. The maximum absolute atomic E-state index is 5.62. The second-order valence-electron chi connectivity index (χ2n) is 5.89. The minimum absolute atomic E-state index is 0.382. The van der Waals surface area contributed by atoms with E-state index < -0.39 is 0 Å². The minimum atomic E-state index is 0.382. The molecule has 2 heteroatoms. The van der Waals surface area contributed by atoms with E-state index in [0.29, 0.717) is 6.04 Å². The number of nitrogens with one attached hydrogen (secondary N) is 1. The van der Waals surface area contributed by atoms with Gasteiger partial charge in [-0.2, -0.15) is 0 Å². The van der Waals surface area contributed by atoms with Crippen LogP contribution in [0.4, 0.5) is 0 Å². The molecular weight excluding hydrogens is 234 g/mol. The van der Waals surface area contributed by atoms with E-state index in [1.807, 2.05) is 0 Å². The quantitative estimate of drug-likeness (QED) is 0.715. The Hall–Kier alpha value is -0.860. The van der Waals surface area contributed by atoms with E-state index in [0.717, 1.165) is 32.1 Å². The lowest BCUT2D eigenvalue weighted by Gasteiger charge is -2.16. The zero-order valence-electron chi connectivity index (χ0n) is 13.1. The average molecular weight is 263 g/mol. The summed E-state index contributed by atoms with van der Waals surface area (Å²) in [4.78, 5) is 0. The van der Waals surface area contributed by atoms with Crippen LogP contribution in [0.5, 0.6) is 0 Å². The average Bonchev–Trinajstić information content (AvgIpc) is 2.31. The van der Waals surface area contributed by atoms with Crippen LogP contribution >= 0.6 is 0 Å². The van der Waals surface area contributed by atoms with Crippen molar-refractivity contribution in [1.29, 1.82) is 0 Å². The van der Waals surface area contributed by atoms with Gasteiger partial charge in [0.25, 0.3) is 0 Å². The molecule has 19 heavy (non-hydrogen) atoms. The summed E-state index contributed by atoms with van der Waals surface area (Å²) < 4.78 is 5.62. The van der Waals surface area contributed by atoms with Gasteiger partial charge in [0.2, 0.25) is 0 Å². The minimum Gasteiger partial charge on any atom is -0.380 e.